The van der Waals surface area contributed by atoms with Gasteiger partial charge in [-0.3, -0.25) is 4.98 Å². The Labute approximate surface area is 112 Å². The molecule has 1 heterocycles. The Hall–Kier alpha value is -1.85. The number of anilines is 1. The van der Waals surface area contributed by atoms with E-state index in [2.05, 4.69) is 15.3 Å². The minimum absolute atomic E-state index is 0.00413. The normalized spacial score (nSPS) is 17.4. The molecule has 6 heteroatoms. The fourth-order valence-electron chi connectivity index (χ4n) is 2.32. The smallest absolute Gasteiger partial charge is 0.329 e. The molecule has 1 aromatic heterocycles. The molecule has 2 N–H and O–H groups in total. The van der Waals surface area contributed by atoms with Gasteiger partial charge in [-0.2, -0.15) is 4.98 Å². The molecule has 0 unspecified atom stereocenters. The van der Waals surface area contributed by atoms with Crippen molar-refractivity contribution in [2.24, 2.45) is 0 Å². The Bertz CT molecular complexity index is 456. The molecule has 0 aliphatic heterocycles. The van der Waals surface area contributed by atoms with Crippen molar-refractivity contribution in [1.82, 2.24) is 9.97 Å². The molecule has 1 fully saturated rings. The van der Waals surface area contributed by atoms with Gasteiger partial charge in [0.25, 0.3) is 0 Å². The number of ether oxygens (including phenoxy) is 1. The second-order valence-electron chi connectivity index (χ2n) is 5.13. The lowest BCUT2D eigenvalue weighted by atomic mass is 9.98. The van der Waals surface area contributed by atoms with Crippen molar-refractivity contribution in [2.75, 3.05) is 5.32 Å². The van der Waals surface area contributed by atoms with Crippen LogP contribution >= 0.6 is 0 Å². The molecule has 2 rings (SSSR count). The van der Waals surface area contributed by atoms with E-state index < -0.39 is 11.5 Å². The maximum atomic E-state index is 11.4. The average molecular weight is 265 g/mol. The topological polar surface area (TPSA) is 84.3 Å². The van der Waals surface area contributed by atoms with Crippen LogP contribution in [-0.4, -0.2) is 32.7 Å². The predicted molar refractivity (Wildman–Crippen MR) is 70.3 cm³/mol. The van der Waals surface area contributed by atoms with Gasteiger partial charge in [-0.05, 0) is 26.7 Å². The van der Waals surface area contributed by atoms with E-state index in [1.54, 1.807) is 0 Å². The van der Waals surface area contributed by atoms with Crippen molar-refractivity contribution in [2.45, 2.75) is 51.2 Å². The summed E-state index contributed by atoms with van der Waals surface area (Å²) in [6, 6.07) is 0. The molecule has 6 nitrogen and oxygen atoms in total. The lowest BCUT2D eigenvalue weighted by molar-refractivity contribution is -0.142. The molecule has 0 atom stereocenters. The molecule has 1 aromatic rings. The van der Waals surface area contributed by atoms with E-state index in [1.165, 1.54) is 12.4 Å². The van der Waals surface area contributed by atoms with Gasteiger partial charge < -0.3 is 15.2 Å². The van der Waals surface area contributed by atoms with Gasteiger partial charge in [-0.25, -0.2) is 4.79 Å². The van der Waals surface area contributed by atoms with E-state index in [1.807, 2.05) is 13.8 Å². The summed E-state index contributed by atoms with van der Waals surface area (Å²) in [6.07, 6.45) is 6.09. The Balaban J connectivity index is 2.15. The van der Waals surface area contributed by atoms with Gasteiger partial charge >= 0.3 is 5.97 Å². The number of nitrogens with one attached hydrogen (secondary N) is 1. The van der Waals surface area contributed by atoms with Gasteiger partial charge in [0.1, 0.15) is 11.4 Å². The molecule has 1 aliphatic rings. The lowest BCUT2D eigenvalue weighted by Crippen LogP contribution is -2.43. The van der Waals surface area contributed by atoms with Crippen molar-refractivity contribution in [1.29, 1.82) is 0 Å². The summed E-state index contributed by atoms with van der Waals surface area (Å²) in [7, 11) is 0. The van der Waals surface area contributed by atoms with Gasteiger partial charge in [0.2, 0.25) is 5.88 Å². The van der Waals surface area contributed by atoms with Crippen LogP contribution in [0.5, 0.6) is 5.88 Å². The molecule has 1 saturated carbocycles. The lowest BCUT2D eigenvalue weighted by Gasteiger charge is -2.25. The first-order valence-electron chi connectivity index (χ1n) is 6.52. The second-order valence-corrected chi connectivity index (χ2v) is 5.13. The van der Waals surface area contributed by atoms with E-state index in [9.17, 15) is 9.90 Å². The molecule has 19 heavy (non-hydrogen) atoms. The summed E-state index contributed by atoms with van der Waals surface area (Å²) in [5.41, 5.74) is -0.912. The van der Waals surface area contributed by atoms with Gasteiger partial charge in [-0.1, -0.05) is 12.8 Å². The first-order chi connectivity index (χ1) is 9.02. The van der Waals surface area contributed by atoms with E-state index in [0.29, 0.717) is 24.5 Å². The summed E-state index contributed by atoms with van der Waals surface area (Å²) in [4.78, 5) is 19.7. The Morgan fingerprint density at radius 1 is 1.42 bits per heavy atom. The van der Waals surface area contributed by atoms with Crippen LogP contribution in [0.25, 0.3) is 0 Å². The predicted octanol–water partition coefficient (Wildman–Crippen LogP) is 2.07. The third-order valence-corrected chi connectivity index (χ3v) is 3.20. The zero-order valence-corrected chi connectivity index (χ0v) is 11.2. The van der Waals surface area contributed by atoms with Crippen LogP contribution in [0.4, 0.5) is 5.82 Å². The van der Waals surface area contributed by atoms with Crippen molar-refractivity contribution >= 4 is 11.8 Å². The van der Waals surface area contributed by atoms with Gasteiger partial charge in [-0.15, -0.1) is 0 Å². The number of aliphatic carboxylic acids is 1. The number of carboxylic acids is 1. The van der Waals surface area contributed by atoms with Crippen molar-refractivity contribution < 1.29 is 14.6 Å². The maximum Gasteiger partial charge on any atom is 0.329 e. The summed E-state index contributed by atoms with van der Waals surface area (Å²) in [5, 5.41) is 12.4. The number of nitrogens with zero attached hydrogens (tertiary/aromatic N) is 2. The molecular weight excluding hydrogens is 246 g/mol. The quantitative estimate of drug-likeness (QED) is 0.847. The second kappa shape index (κ2) is 5.42. The van der Waals surface area contributed by atoms with Crippen molar-refractivity contribution in [3.05, 3.63) is 12.4 Å². The highest BCUT2D eigenvalue weighted by molar-refractivity contribution is 5.82. The number of hydrogen-bond donors (Lipinski definition) is 2. The van der Waals surface area contributed by atoms with E-state index in [4.69, 9.17) is 4.74 Å². The molecule has 0 spiro atoms. The number of rotatable bonds is 5. The number of aromatic nitrogens is 2. The Morgan fingerprint density at radius 2 is 2.11 bits per heavy atom. The average Bonchev–Trinajstić information content (AvgIpc) is 2.78. The number of carbonyl (C=O) groups is 1. The zero-order valence-electron chi connectivity index (χ0n) is 11.2. The van der Waals surface area contributed by atoms with Crippen LogP contribution in [0.2, 0.25) is 0 Å². The molecule has 104 valence electrons. The summed E-state index contributed by atoms with van der Waals surface area (Å²) in [5.74, 6) is 0.0166. The van der Waals surface area contributed by atoms with Crippen LogP contribution in [0.15, 0.2) is 12.4 Å². The Morgan fingerprint density at radius 3 is 2.68 bits per heavy atom. The third-order valence-electron chi connectivity index (χ3n) is 3.20. The first kappa shape index (κ1) is 13.6. The van der Waals surface area contributed by atoms with E-state index in [-0.39, 0.29) is 6.10 Å². The summed E-state index contributed by atoms with van der Waals surface area (Å²) < 4.78 is 5.45. The minimum Gasteiger partial charge on any atom is -0.480 e. The van der Waals surface area contributed by atoms with Crippen molar-refractivity contribution in [3.8, 4) is 5.88 Å². The SMILES string of the molecule is CC(C)Oc1cncc(NC2(C(=O)O)CCCC2)n1. The van der Waals surface area contributed by atoms with Gasteiger partial charge in [0.05, 0.1) is 18.5 Å². The molecular formula is C13H19N3O3. The number of carboxylic acid groups (broad SMARTS) is 1. The van der Waals surface area contributed by atoms with Crippen LogP contribution in [0.3, 0.4) is 0 Å². The standard InChI is InChI=1S/C13H19N3O3/c1-9(2)19-11-8-14-7-10(15-11)16-13(12(17)18)5-3-4-6-13/h7-9H,3-6H2,1-2H3,(H,15,16)(H,17,18). The highest BCUT2D eigenvalue weighted by Gasteiger charge is 2.41. The molecule has 0 aromatic carbocycles. The van der Waals surface area contributed by atoms with Crippen molar-refractivity contribution in [3.63, 3.8) is 0 Å². The largest absolute Gasteiger partial charge is 0.480 e. The monoisotopic (exact) mass is 265 g/mol. The highest BCUT2D eigenvalue weighted by Crippen LogP contribution is 2.33. The highest BCUT2D eigenvalue weighted by atomic mass is 16.5. The van der Waals surface area contributed by atoms with Crippen LogP contribution in [0.1, 0.15) is 39.5 Å². The van der Waals surface area contributed by atoms with Crippen LogP contribution in [0, 0.1) is 0 Å². The minimum atomic E-state index is -0.912. The number of hydrogen-bond acceptors (Lipinski definition) is 5. The third kappa shape index (κ3) is 3.13. The molecule has 1 aliphatic carbocycles. The summed E-state index contributed by atoms with van der Waals surface area (Å²) >= 11 is 0. The fourth-order valence-corrected chi connectivity index (χ4v) is 2.32. The first-order valence-corrected chi connectivity index (χ1v) is 6.52. The van der Waals surface area contributed by atoms with Crippen LogP contribution < -0.4 is 10.1 Å². The Kier molecular flexibility index (Phi) is 3.87. The molecule has 0 saturated heterocycles. The van der Waals surface area contributed by atoms with Crippen LogP contribution in [-0.2, 0) is 4.79 Å². The fraction of sp³-hybridized carbons (Fsp3) is 0.615. The molecule has 0 radical (unpaired) electrons. The molecule has 0 bridgehead atoms. The van der Waals surface area contributed by atoms with Gasteiger partial charge in [0, 0.05) is 0 Å². The maximum absolute atomic E-state index is 11.4. The van der Waals surface area contributed by atoms with E-state index >= 15 is 0 Å². The van der Waals surface area contributed by atoms with E-state index in [0.717, 1.165) is 12.8 Å². The molecule has 0 amide bonds. The zero-order chi connectivity index (χ0) is 13.9. The van der Waals surface area contributed by atoms with Gasteiger partial charge in [0.15, 0.2) is 0 Å². The summed E-state index contributed by atoms with van der Waals surface area (Å²) in [6.45, 7) is 3.80.